The minimum atomic E-state index is -3.78. The van der Waals surface area contributed by atoms with Gasteiger partial charge in [-0.25, -0.2) is 12.8 Å². The highest BCUT2D eigenvalue weighted by Gasteiger charge is 2.30. The van der Waals surface area contributed by atoms with E-state index in [1.165, 1.54) is 24.6 Å². The first-order valence-electron chi connectivity index (χ1n) is 6.29. The standard InChI is InChI=1S/C13H19BrFNO4S/c1-10(9-20-3)16(6-7-19-2)21(17,18)13-5-4-11(15)8-12(13)14/h4-5,8,10H,6-7,9H2,1-3H3. The normalized spacial score (nSPS) is 13.6. The fourth-order valence-corrected chi connectivity index (χ4v) is 4.51. The Bertz CT molecular complexity index is 567. The summed E-state index contributed by atoms with van der Waals surface area (Å²) >= 11 is 3.10. The van der Waals surface area contributed by atoms with Crippen molar-refractivity contribution in [2.24, 2.45) is 0 Å². The van der Waals surface area contributed by atoms with E-state index in [9.17, 15) is 12.8 Å². The van der Waals surface area contributed by atoms with Gasteiger partial charge in [0.15, 0.2) is 0 Å². The van der Waals surface area contributed by atoms with Crippen LogP contribution in [0.5, 0.6) is 0 Å². The zero-order valence-electron chi connectivity index (χ0n) is 12.2. The van der Waals surface area contributed by atoms with Crippen LogP contribution in [0.3, 0.4) is 0 Å². The van der Waals surface area contributed by atoms with Crippen LogP contribution in [-0.4, -0.2) is 52.7 Å². The maximum absolute atomic E-state index is 13.1. The fraction of sp³-hybridized carbons (Fsp3) is 0.538. The van der Waals surface area contributed by atoms with Crippen LogP contribution in [0.2, 0.25) is 0 Å². The van der Waals surface area contributed by atoms with Crippen LogP contribution in [0.4, 0.5) is 4.39 Å². The van der Waals surface area contributed by atoms with Crippen LogP contribution in [-0.2, 0) is 19.5 Å². The van der Waals surface area contributed by atoms with Gasteiger partial charge in [0.1, 0.15) is 5.82 Å². The largest absolute Gasteiger partial charge is 0.383 e. The number of ether oxygens (including phenoxy) is 2. The number of sulfonamides is 1. The van der Waals surface area contributed by atoms with E-state index in [4.69, 9.17) is 9.47 Å². The van der Waals surface area contributed by atoms with Crippen LogP contribution in [0, 0.1) is 5.82 Å². The van der Waals surface area contributed by atoms with Crippen LogP contribution >= 0.6 is 15.9 Å². The van der Waals surface area contributed by atoms with Gasteiger partial charge < -0.3 is 9.47 Å². The molecule has 0 aliphatic carbocycles. The van der Waals surface area contributed by atoms with Crippen molar-refractivity contribution in [2.75, 3.05) is 34.0 Å². The number of methoxy groups -OCH3 is 2. The van der Waals surface area contributed by atoms with Gasteiger partial charge in [0.25, 0.3) is 0 Å². The van der Waals surface area contributed by atoms with Crippen molar-refractivity contribution < 1.29 is 22.3 Å². The number of hydrogen-bond donors (Lipinski definition) is 0. The van der Waals surface area contributed by atoms with Gasteiger partial charge in [0, 0.05) is 31.3 Å². The number of hydrogen-bond acceptors (Lipinski definition) is 4. The average Bonchev–Trinajstić information content (AvgIpc) is 2.38. The lowest BCUT2D eigenvalue weighted by Gasteiger charge is -2.28. The molecule has 21 heavy (non-hydrogen) atoms. The summed E-state index contributed by atoms with van der Waals surface area (Å²) in [5.41, 5.74) is 0. The van der Waals surface area contributed by atoms with Gasteiger partial charge in [-0.05, 0) is 41.1 Å². The molecule has 5 nitrogen and oxygen atoms in total. The molecule has 0 bridgehead atoms. The van der Waals surface area contributed by atoms with Gasteiger partial charge >= 0.3 is 0 Å². The second kappa shape index (κ2) is 8.19. The van der Waals surface area contributed by atoms with E-state index in [-0.39, 0.29) is 35.2 Å². The molecule has 120 valence electrons. The van der Waals surface area contributed by atoms with Crippen molar-refractivity contribution >= 4 is 26.0 Å². The lowest BCUT2D eigenvalue weighted by molar-refractivity contribution is 0.119. The smallest absolute Gasteiger partial charge is 0.244 e. The summed E-state index contributed by atoms with van der Waals surface area (Å²) < 4.78 is 50.1. The Morgan fingerprint density at radius 2 is 2.00 bits per heavy atom. The van der Waals surface area contributed by atoms with Crippen molar-refractivity contribution in [3.05, 3.63) is 28.5 Å². The van der Waals surface area contributed by atoms with E-state index >= 15 is 0 Å². The zero-order valence-corrected chi connectivity index (χ0v) is 14.6. The third-order valence-electron chi connectivity index (χ3n) is 2.90. The summed E-state index contributed by atoms with van der Waals surface area (Å²) in [4.78, 5) is 0.0166. The van der Waals surface area contributed by atoms with Gasteiger partial charge in [-0.2, -0.15) is 4.31 Å². The SMILES string of the molecule is COCCN(C(C)COC)S(=O)(=O)c1ccc(F)cc1Br. The number of nitrogens with zero attached hydrogens (tertiary/aromatic N) is 1. The van der Waals surface area contributed by atoms with Gasteiger partial charge in [0.05, 0.1) is 18.1 Å². The monoisotopic (exact) mass is 383 g/mol. The molecule has 0 heterocycles. The molecule has 1 rings (SSSR count). The maximum Gasteiger partial charge on any atom is 0.244 e. The van der Waals surface area contributed by atoms with Crippen molar-refractivity contribution in [3.8, 4) is 0 Å². The predicted octanol–water partition coefficient (Wildman–Crippen LogP) is 2.26. The van der Waals surface area contributed by atoms with E-state index in [2.05, 4.69) is 15.9 Å². The van der Waals surface area contributed by atoms with E-state index in [1.807, 2.05) is 0 Å². The Hall–Kier alpha value is -0.540. The molecule has 0 spiro atoms. The predicted molar refractivity (Wildman–Crippen MR) is 81.2 cm³/mol. The molecule has 0 aliphatic heterocycles. The van der Waals surface area contributed by atoms with Crippen LogP contribution in [0.1, 0.15) is 6.92 Å². The van der Waals surface area contributed by atoms with Gasteiger partial charge in [-0.15, -0.1) is 0 Å². The van der Waals surface area contributed by atoms with E-state index in [0.717, 1.165) is 12.1 Å². The van der Waals surface area contributed by atoms with Gasteiger partial charge in [-0.3, -0.25) is 0 Å². The molecule has 1 atom stereocenters. The Kier molecular flexibility index (Phi) is 7.22. The number of halogens is 2. The maximum atomic E-state index is 13.1. The molecule has 0 saturated heterocycles. The highest BCUT2D eigenvalue weighted by molar-refractivity contribution is 9.10. The van der Waals surface area contributed by atoms with E-state index in [1.54, 1.807) is 6.92 Å². The lowest BCUT2D eigenvalue weighted by Crippen LogP contribution is -2.43. The Morgan fingerprint density at radius 1 is 1.33 bits per heavy atom. The summed E-state index contributed by atoms with van der Waals surface area (Å²) in [5, 5.41) is 0. The first kappa shape index (κ1) is 18.5. The Labute approximate surface area is 133 Å². The van der Waals surface area contributed by atoms with Crippen molar-refractivity contribution in [2.45, 2.75) is 17.9 Å². The molecule has 1 unspecified atom stereocenters. The third kappa shape index (κ3) is 4.72. The molecule has 0 fully saturated rings. The van der Waals surface area contributed by atoms with Crippen molar-refractivity contribution in [1.29, 1.82) is 0 Å². The van der Waals surface area contributed by atoms with Crippen LogP contribution < -0.4 is 0 Å². The molecular formula is C13H19BrFNO4S. The quantitative estimate of drug-likeness (QED) is 0.690. The molecule has 0 N–H and O–H groups in total. The van der Waals surface area contributed by atoms with E-state index in [0.29, 0.717) is 0 Å². The minimum Gasteiger partial charge on any atom is -0.383 e. The highest BCUT2D eigenvalue weighted by Crippen LogP contribution is 2.27. The summed E-state index contributed by atoms with van der Waals surface area (Å²) in [6.45, 7) is 2.44. The molecule has 0 saturated carbocycles. The molecule has 8 heteroatoms. The van der Waals surface area contributed by atoms with Crippen LogP contribution in [0.25, 0.3) is 0 Å². The molecular weight excluding hydrogens is 365 g/mol. The average molecular weight is 384 g/mol. The number of rotatable bonds is 8. The summed E-state index contributed by atoms with van der Waals surface area (Å²) in [5.74, 6) is -0.505. The number of benzene rings is 1. The lowest BCUT2D eigenvalue weighted by atomic mass is 10.3. The summed E-state index contributed by atoms with van der Waals surface area (Å²) in [6.07, 6.45) is 0. The molecule has 1 aromatic carbocycles. The first-order chi connectivity index (χ1) is 9.84. The second-order valence-corrected chi connectivity index (χ2v) is 7.20. The fourth-order valence-electron chi connectivity index (χ4n) is 1.89. The Balaban J connectivity index is 3.19. The van der Waals surface area contributed by atoms with E-state index < -0.39 is 15.8 Å². The van der Waals surface area contributed by atoms with Crippen LogP contribution in [0.15, 0.2) is 27.6 Å². The molecule has 0 radical (unpaired) electrons. The zero-order chi connectivity index (χ0) is 16.0. The highest BCUT2D eigenvalue weighted by atomic mass is 79.9. The van der Waals surface area contributed by atoms with Gasteiger partial charge in [0.2, 0.25) is 10.0 Å². The molecule has 0 aliphatic rings. The first-order valence-corrected chi connectivity index (χ1v) is 8.52. The van der Waals surface area contributed by atoms with Crippen molar-refractivity contribution in [1.82, 2.24) is 4.31 Å². The summed E-state index contributed by atoms with van der Waals surface area (Å²) in [7, 11) is -0.777. The minimum absolute atomic E-state index is 0.0166. The molecule has 0 aromatic heterocycles. The Morgan fingerprint density at radius 3 is 2.52 bits per heavy atom. The summed E-state index contributed by atoms with van der Waals surface area (Å²) in [6, 6.07) is 3.12. The molecule has 0 amide bonds. The molecule has 1 aromatic rings. The second-order valence-electron chi connectivity index (χ2n) is 4.49. The van der Waals surface area contributed by atoms with Crippen molar-refractivity contribution in [3.63, 3.8) is 0 Å². The van der Waals surface area contributed by atoms with Gasteiger partial charge in [-0.1, -0.05) is 0 Å². The topological polar surface area (TPSA) is 55.8 Å². The third-order valence-corrected chi connectivity index (χ3v) is 5.89.